The molecule has 4 nitrogen and oxygen atoms in total. The van der Waals surface area contributed by atoms with E-state index in [-0.39, 0.29) is 17.5 Å². The lowest BCUT2D eigenvalue weighted by atomic mass is 9.34. The third kappa shape index (κ3) is 6.49. The van der Waals surface area contributed by atoms with Crippen LogP contribution in [0.4, 0.5) is 34.1 Å². The molecule has 13 aromatic rings. The summed E-state index contributed by atoms with van der Waals surface area (Å²) in [4.78, 5) is 4.95. The van der Waals surface area contributed by atoms with Gasteiger partial charge in [0.1, 0.15) is 23.0 Å². The van der Waals surface area contributed by atoms with Crippen molar-refractivity contribution in [3.05, 3.63) is 271 Å². The Kier molecular flexibility index (Phi) is 9.59. The van der Waals surface area contributed by atoms with Crippen LogP contribution >= 0.6 is 0 Å². The monoisotopic (exact) mass is 1040 g/mol. The number of rotatable bonds is 6. The first-order valence-corrected chi connectivity index (χ1v) is 28.4. The minimum absolute atomic E-state index is 0.127. The quantitative estimate of drug-likeness (QED) is 0.155. The van der Waals surface area contributed by atoms with Gasteiger partial charge in [-0.15, -0.1) is 0 Å². The van der Waals surface area contributed by atoms with Crippen LogP contribution in [0.15, 0.2) is 249 Å². The van der Waals surface area contributed by atoms with Crippen molar-refractivity contribution in [2.45, 2.75) is 38.5 Å². The molecule has 0 bridgehead atoms. The summed E-state index contributed by atoms with van der Waals surface area (Å²) in [6.07, 6.45) is 0. The van der Waals surface area contributed by atoms with Gasteiger partial charge >= 0.3 is 0 Å². The lowest BCUT2D eigenvalue weighted by Crippen LogP contribution is -2.57. The van der Waals surface area contributed by atoms with Crippen LogP contribution in [0.3, 0.4) is 0 Å². The highest BCUT2D eigenvalue weighted by molar-refractivity contribution is 6.98. The Morgan fingerprint density at radius 3 is 1.12 bits per heavy atom. The molecule has 0 fully saturated rings. The number of hydrogen-bond acceptors (Lipinski definition) is 4. The fourth-order valence-electron chi connectivity index (χ4n) is 14.7. The Hall–Kier alpha value is -9.84. The fraction of sp³-hybridized carbons (Fsp3) is 0.0789. The smallest absolute Gasteiger partial charge is 0.260 e. The van der Waals surface area contributed by atoms with E-state index in [0.29, 0.717) is 0 Å². The number of anilines is 6. The Labute approximate surface area is 471 Å². The van der Waals surface area contributed by atoms with E-state index in [9.17, 15) is 0 Å². The molecule has 0 aromatic heterocycles. The number of benzene rings is 13. The summed E-state index contributed by atoms with van der Waals surface area (Å²) in [5, 5.41) is 9.68. The summed E-state index contributed by atoms with van der Waals surface area (Å²) < 4.78 is 14.3. The fourth-order valence-corrected chi connectivity index (χ4v) is 14.7. The zero-order valence-corrected chi connectivity index (χ0v) is 45.5. The Balaban J connectivity index is 0.843. The summed E-state index contributed by atoms with van der Waals surface area (Å²) in [5.41, 5.74) is 19.7. The van der Waals surface area contributed by atoms with Gasteiger partial charge in [-0.2, -0.15) is 0 Å². The predicted octanol–water partition coefficient (Wildman–Crippen LogP) is 18.6. The van der Waals surface area contributed by atoms with Crippen molar-refractivity contribution < 1.29 is 9.47 Å². The van der Waals surface area contributed by atoms with Gasteiger partial charge in [0.25, 0.3) is 6.71 Å². The SMILES string of the molecule is CC1(C)c2cc3c(cc2-c2c1cc(N(c1ccccc1)c1cccc4ccccc14)c1ccccc21)Oc1cccc2c1B3c1cc3c(cc1O2)-c1c(cc(N(c2ccccc2)c2cccc4ccccc24)c2ccccc12)C3(C)C. The molecule has 13 aromatic carbocycles. The molecule has 81 heavy (non-hydrogen) atoms. The number of nitrogens with zero attached hydrogens (tertiary/aromatic N) is 2. The van der Waals surface area contributed by atoms with Crippen molar-refractivity contribution in [2.75, 3.05) is 9.80 Å². The van der Waals surface area contributed by atoms with Crippen LogP contribution in [-0.2, 0) is 10.8 Å². The van der Waals surface area contributed by atoms with Crippen molar-refractivity contribution in [1.29, 1.82) is 0 Å². The Morgan fingerprint density at radius 1 is 0.309 bits per heavy atom. The molecule has 382 valence electrons. The number of para-hydroxylation sites is 2. The lowest BCUT2D eigenvalue weighted by Gasteiger charge is -2.35. The standard InChI is InChI=1S/C76H53BN2O2/c1-75(2)58-42-62-70(40-56(58)72-54-34-17-15-32-52(54)66(44-60(72)75)78(48-26-7-5-8-27-48)64-36-19-24-46-22-11-13-30-50(46)64)80-68-38-21-39-69-74(68)77(62)63-43-59-57(41-71(63)81-69)73-55-35-18-16-33-53(55)67(45-61(73)76(59,3)4)79(49-28-9-6-10-29-49)65-37-20-25-47-23-12-14-31-51(47)65/h5-45H,1-4H3. The predicted molar refractivity (Wildman–Crippen MR) is 339 cm³/mol. The molecule has 17 rings (SSSR count). The maximum absolute atomic E-state index is 7.15. The largest absolute Gasteiger partial charge is 0.458 e. The molecule has 0 saturated carbocycles. The van der Waals surface area contributed by atoms with Crippen LogP contribution < -0.4 is 35.7 Å². The molecule has 0 atom stereocenters. The van der Waals surface area contributed by atoms with Gasteiger partial charge < -0.3 is 19.3 Å². The van der Waals surface area contributed by atoms with E-state index in [2.05, 4.69) is 286 Å². The second kappa shape index (κ2) is 16.8. The highest BCUT2D eigenvalue weighted by Gasteiger charge is 2.47. The van der Waals surface area contributed by atoms with Gasteiger partial charge in [0, 0.05) is 49.2 Å². The van der Waals surface area contributed by atoms with E-state index >= 15 is 0 Å². The van der Waals surface area contributed by atoms with Gasteiger partial charge in [-0.1, -0.05) is 204 Å². The zero-order valence-electron chi connectivity index (χ0n) is 45.5. The minimum atomic E-state index is -0.368. The molecular weight excluding hydrogens is 984 g/mol. The van der Waals surface area contributed by atoms with Crippen LogP contribution in [0.1, 0.15) is 49.9 Å². The highest BCUT2D eigenvalue weighted by Crippen LogP contribution is 2.58. The van der Waals surface area contributed by atoms with Crippen LogP contribution in [0.5, 0.6) is 23.0 Å². The minimum Gasteiger partial charge on any atom is -0.458 e. The maximum atomic E-state index is 7.15. The number of fused-ring (bicyclic) bond motifs is 16. The van der Waals surface area contributed by atoms with E-state index in [4.69, 9.17) is 9.47 Å². The van der Waals surface area contributed by atoms with Crippen LogP contribution in [0, 0.1) is 0 Å². The van der Waals surface area contributed by atoms with Gasteiger partial charge in [0.2, 0.25) is 0 Å². The van der Waals surface area contributed by atoms with Crippen molar-refractivity contribution in [3.8, 4) is 45.3 Å². The molecule has 0 N–H and O–H groups in total. The van der Waals surface area contributed by atoms with E-state index in [1.54, 1.807) is 0 Å². The molecule has 0 spiro atoms. The average molecular weight is 1040 g/mol. The molecule has 2 aliphatic carbocycles. The zero-order chi connectivity index (χ0) is 53.9. The molecule has 0 radical (unpaired) electrons. The molecule has 2 aliphatic heterocycles. The van der Waals surface area contributed by atoms with Crippen molar-refractivity contribution in [1.82, 2.24) is 0 Å². The van der Waals surface area contributed by atoms with Crippen molar-refractivity contribution in [3.63, 3.8) is 0 Å². The first kappa shape index (κ1) is 46.1. The van der Waals surface area contributed by atoms with Gasteiger partial charge in [0.05, 0.1) is 22.7 Å². The van der Waals surface area contributed by atoms with Crippen LogP contribution in [0.25, 0.3) is 65.3 Å². The summed E-state index contributed by atoms with van der Waals surface area (Å²) in [6, 6.07) is 91.5. The molecule has 0 unspecified atom stereocenters. The van der Waals surface area contributed by atoms with E-state index in [0.717, 1.165) is 62.6 Å². The van der Waals surface area contributed by atoms with Crippen LogP contribution in [-0.4, -0.2) is 6.71 Å². The number of ether oxygens (including phenoxy) is 2. The van der Waals surface area contributed by atoms with E-state index < -0.39 is 0 Å². The summed E-state index contributed by atoms with van der Waals surface area (Å²) in [6.45, 7) is 9.53. The van der Waals surface area contributed by atoms with Gasteiger partial charge in [-0.3, -0.25) is 0 Å². The summed E-state index contributed by atoms with van der Waals surface area (Å²) in [7, 11) is 0. The first-order chi connectivity index (χ1) is 39.7. The number of hydrogen-bond donors (Lipinski definition) is 0. The second-order valence-electron chi connectivity index (χ2n) is 23.5. The maximum Gasteiger partial charge on any atom is 0.260 e. The Bertz CT molecular complexity index is 4540. The highest BCUT2D eigenvalue weighted by atomic mass is 16.5. The van der Waals surface area contributed by atoms with Crippen molar-refractivity contribution >= 4 is 100 Å². The van der Waals surface area contributed by atoms with E-state index in [1.807, 2.05) is 0 Å². The van der Waals surface area contributed by atoms with E-state index in [1.165, 1.54) is 98.5 Å². The van der Waals surface area contributed by atoms with Gasteiger partial charge in [0.15, 0.2) is 0 Å². The topological polar surface area (TPSA) is 24.9 Å². The third-order valence-corrected chi connectivity index (χ3v) is 18.5. The third-order valence-electron chi connectivity index (χ3n) is 18.5. The van der Waals surface area contributed by atoms with Gasteiger partial charge in [-0.05, 0) is 150 Å². The Morgan fingerprint density at radius 2 is 0.679 bits per heavy atom. The molecule has 4 aliphatic rings. The van der Waals surface area contributed by atoms with Crippen molar-refractivity contribution in [2.24, 2.45) is 0 Å². The average Bonchev–Trinajstić information content (AvgIpc) is 3.07. The first-order valence-electron chi connectivity index (χ1n) is 28.4. The van der Waals surface area contributed by atoms with Gasteiger partial charge in [-0.25, -0.2) is 0 Å². The van der Waals surface area contributed by atoms with Crippen LogP contribution in [0.2, 0.25) is 0 Å². The summed E-state index contributed by atoms with van der Waals surface area (Å²) in [5.74, 6) is 3.47. The second-order valence-corrected chi connectivity index (χ2v) is 23.5. The molecular formula is C76H53BN2O2. The summed E-state index contributed by atoms with van der Waals surface area (Å²) >= 11 is 0. The molecule has 5 heteroatoms. The molecule has 0 saturated heterocycles. The molecule has 2 heterocycles. The molecule has 0 amide bonds. The normalized spacial score (nSPS) is 14.3. The lowest BCUT2D eigenvalue weighted by molar-refractivity contribution is 0.464.